The number of nitriles is 1. The number of pyridine rings is 1. The molecule has 0 atom stereocenters. The first-order valence-electron chi connectivity index (χ1n) is 6.68. The van der Waals surface area contributed by atoms with Gasteiger partial charge in [-0.15, -0.1) is 0 Å². The molecule has 0 aliphatic heterocycles. The summed E-state index contributed by atoms with van der Waals surface area (Å²) in [4.78, 5) is 19.0. The van der Waals surface area contributed by atoms with Crippen molar-refractivity contribution in [1.82, 2.24) is 15.3 Å². The SMILES string of the molecule is N#Cc1cc(CNC(=O)c2cc3ccnc(Cl)c3[nH]2)ccc1F. The number of carbonyl (C=O) groups excluding carboxylic acids is 1. The number of hydrogen-bond acceptors (Lipinski definition) is 3. The number of aromatic amines is 1. The van der Waals surface area contributed by atoms with Crippen molar-refractivity contribution < 1.29 is 9.18 Å². The van der Waals surface area contributed by atoms with E-state index in [9.17, 15) is 9.18 Å². The second-order valence-corrected chi connectivity index (χ2v) is 5.22. The Balaban J connectivity index is 1.76. The summed E-state index contributed by atoms with van der Waals surface area (Å²) in [6.45, 7) is 0.176. The summed E-state index contributed by atoms with van der Waals surface area (Å²) >= 11 is 5.96. The topological polar surface area (TPSA) is 81.6 Å². The van der Waals surface area contributed by atoms with Gasteiger partial charge in [0.15, 0.2) is 5.15 Å². The number of rotatable bonds is 3. The fourth-order valence-electron chi connectivity index (χ4n) is 2.19. The van der Waals surface area contributed by atoms with Gasteiger partial charge in [0.2, 0.25) is 0 Å². The van der Waals surface area contributed by atoms with Gasteiger partial charge in [0.25, 0.3) is 5.91 Å². The average molecular weight is 329 g/mol. The first kappa shape index (κ1) is 15.0. The Labute approximate surface area is 135 Å². The molecular formula is C16H10ClFN4O. The van der Waals surface area contributed by atoms with E-state index in [-0.39, 0.29) is 18.0 Å². The third-order valence-corrected chi connectivity index (χ3v) is 3.63. The first-order valence-corrected chi connectivity index (χ1v) is 7.06. The standard InChI is InChI=1S/C16H10ClFN4O/c17-15-14-10(3-4-20-15)6-13(22-14)16(23)21-8-9-1-2-12(18)11(5-9)7-19/h1-6,22H,8H2,(H,21,23). The number of hydrogen-bond donors (Lipinski definition) is 2. The number of benzene rings is 1. The second kappa shape index (κ2) is 6.07. The van der Waals surface area contributed by atoms with E-state index in [1.807, 2.05) is 0 Å². The van der Waals surface area contributed by atoms with Gasteiger partial charge in [0.05, 0.1) is 11.1 Å². The molecule has 23 heavy (non-hydrogen) atoms. The maximum absolute atomic E-state index is 13.3. The van der Waals surface area contributed by atoms with Gasteiger partial charge in [-0.1, -0.05) is 17.7 Å². The van der Waals surface area contributed by atoms with Crippen LogP contribution in [0.3, 0.4) is 0 Å². The molecule has 3 aromatic rings. The number of fused-ring (bicyclic) bond motifs is 1. The fraction of sp³-hybridized carbons (Fsp3) is 0.0625. The van der Waals surface area contributed by atoms with Crippen molar-refractivity contribution in [3.05, 3.63) is 64.3 Å². The molecule has 3 rings (SSSR count). The van der Waals surface area contributed by atoms with Crippen LogP contribution in [0.2, 0.25) is 5.15 Å². The Kier molecular flexibility index (Phi) is 3.96. The molecule has 0 unspecified atom stereocenters. The molecule has 1 aromatic carbocycles. The third kappa shape index (κ3) is 3.00. The minimum Gasteiger partial charge on any atom is -0.348 e. The number of carbonyl (C=O) groups is 1. The maximum Gasteiger partial charge on any atom is 0.267 e. The highest BCUT2D eigenvalue weighted by Gasteiger charge is 2.12. The van der Waals surface area contributed by atoms with Crippen LogP contribution in [0.25, 0.3) is 10.9 Å². The summed E-state index contributed by atoms with van der Waals surface area (Å²) in [5.74, 6) is -0.916. The minimum absolute atomic E-state index is 0.0554. The van der Waals surface area contributed by atoms with Crippen molar-refractivity contribution in [2.75, 3.05) is 0 Å². The number of nitrogens with one attached hydrogen (secondary N) is 2. The molecule has 0 radical (unpaired) electrons. The molecule has 1 amide bonds. The zero-order valence-electron chi connectivity index (χ0n) is 11.7. The molecule has 0 bridgehead atoms. The van der Waals surface area contributed by atoms with Crippen molar-refractivity contribution in [1.29, 1.82) is 5.26 Å². The molecule has 2 N–H and O–H groups in total. The normalized spacial score (nSPS) is 10.5. The Morgan fingerprint density at radius 2 is 2.22 bits per heavy atom. The van der Waals surface area contributed by atoms with Crippen molar-refractivity contribution in [3.63, 3.8) is 0 Å². The van der Waals surface area contributed by atoms with E-state index in [4.69, 9.17) is 16.9 Å². The van der Waals surface area contributed by atoms with Crippen molar-refractivity contribution in [3.8, 4) is 6.07 Å². The third-order valence-electron chi connectivity index (χ3n) is 3.35. The van der Waals surface area contributed by atoms with Crippen LogP contribution in [0.15, 0.2) is 36.5 Å². The van der Waals surface area contributed by atoms with E-state index < -0.39 is 5.82 Å². The highest BCUT2D eigenvalue weighted by atomic mass is 35.5. The monoisotopic (exact) mass is 328 g/mol. The van der Waals surface area contributed by atoms with Crippen molar-refractivity contribution in [2.45, 2.75) is 6.54 Å². The molecule has 0 aliphatic carbocycles. The lowest BCUT2D eigenvalue weighted by atomic mass is 10.1. The summed E-state index contributed by atoms with van der Waals surface area (Å²) in [5.41, 5.74) is 1.51. The molecule has 0 aliphatic rings. The van der Waals surface area contributed by atoms with Crippen LogP contribution >= 0.6 is 11.6 Å². The lowest BCUT2D eigenvalue weighted by Crippen LogP contribution is -2.23. The maximum atomic E-state index is 13.3. The lowest BCUT2D eigenvalue weighted by molar-refractivity contribution is 0.0947. The Hall–Kier alpha value is -2.91. The van der Waals surface area contributed by atoms with Crippen molar-refractivity contribution >= 4 is 28.4 Å². The van der Waals surface area contributed by atoms with Gasteiger partial charge in [0.1, 0.15) is 17.6 Å². The predicted octanol–water partition coefficient (Wildman–Crippen LogP) is 3.16. The largest absolute Gasteiger partial charge is 0.348 e. The van der Waals surface area contributed by atoms with Crippen LogP contribution in [0, 0.1) is 17.1 Å². The quantitative estimate of drug-likeness (QED) is 0.725. The highest BCUT2D eigenvalue weighted by molar-refractivity contribution is 6.33. The zero-order valence-corrected chi connectivity index (χ0v) is 12.5. The van der Waals surface area contributed by atoms with Gasteiger partial charge in [0, 0.05) is 18.1 Å². The second-order valence-electron chi connectivity index (χ2n) is 4.86. The molecule has 2 aromatic heterocycles. The van der Waals surface area contributed by atoms with E-state index >= 15 is 0 Å². The average Bonchev–Trinajstić information content (AvgIpc) is 2.99. The van der Waals surface area contributed by atoms with E-state index in [0.29, 0.717) is 21.9 Å². The number of nitrogens with zero attached hydrogens (tertiary/aromatic N) is 2. The fourth-order valence-corrected chi connectivity index (χ4v) is 2.40. The Bertz CT molecular complexity index is 945. The molecule has 0 spiro atoms. The Morgan fingerprint density at radius 3 is 2.96 bits per heavy atom. The molecule has 2 heterocycles. The Morgan fingerprint density at radius 1 is 1.39 bits per heavy atom. The summed E-state index contributed by atoms with van der Waals surface area (Å²) in [5, 5.41) is 12.6. The summed E-state index contributed by atoms with van der Waals surface area (Å²) in [7, 11) is 0. The van der Waals surface area contributed by atoms with Gasteiger partial charge in [-0.25, -0.2) is 9.37 Å². The minimum atomic E-state index is -0.583. The summed E-state index contributed by atoms with van der Waals surface area (Å²) in [6, 6.07) is 9.30. The molecule has 0 saturated heterocycles. The van der Waals surface area contributed by atoms with Gasteiger partial charge < -0.3 is 10.3 Å². The van der Waals surface area contributed by atoms with Crippen LogP contribution in [0.1, 0.15) is 21.6 Å². The van der Waals surface area contributed by atoms with Crippen LogP contribution < -0.4 is 5.32 Å². The van der Waals surface area contributed by atoms with Gasteiger partial charge in [-0.2, -0.15) is 5.26 Å². The first-order chi connectivity index (χ1) is 11.1. The van der Waals surface area contributed by atoms with E-state index in [1.165, 1.54) is 18.2 Å². The van der Waals surface area contributed by atoms with Crippen LogP contribution in [-0.4, -0.2) is 15.9 Å². The van der Waals surface area contributed by atoms with Gasteiger partial charge in [-0.05, 0) is 29.8 Å². The predicted molar refractivity (Wildman–Crippen MR) is 83.4 cm³/mol. The summed E-state index contributed by atoms with van der Waals surface area (Å²) < 4.78 is 13.3. The molecule has 0 saturated carbocycles. The van der Waals surface area contributed by atoms with E-state index in [1.54, 1.807) is 24.4 Å². The van der Waals surface area contributed by atoms with E-state index in [2.05, 4.69) is 15.3 Å². The summed E-state index contributed by atoms with van der Waals surface area (Å²) in [6.07, 6.45) is 1.56. The van der Waals surface area contributed by atoms with Crippen molar-refractivity contribution in [2.24, 2.45) is 0 Å². The smallest absolute Gasteiger partial charge is 0.267 e. The molecule has 114 valence electrons. The number of amides is 1. The number of aromatic nitrogens is 2. The number of halogens is 2. The molecular weight excluding hydrogens is 319 g/mol. The molecule has 0 fully saturated rings. The van der Waals surface area contributed by atoms with Crippen LogP contribution in [-0.2, 0) is 6.54 Å². The zero-order chi connectivity index (χ0) is 16.4. The van der Waals surface area contributed by atoms with Crippen LogP contribution in [0.5, 0.6) is 0 Å². The lowest BCUT2D eigenvalue weighted by Gasteiger charge is -2.05. The van der Waals surface area contributed by atoms with Gasteiger partial charge in [-0.3, -0.25) is 4.79 Å². The molecule has 5 nitrogen and oxygen atoms in total. The number of H-pyrrole nitrogens is 1. The van der Waals surface area contributed by atoms with Crippen LogP contribution in [0.4, 0.5) is 4.39 Å². The van der Waals surface area contributed by atoms with E-state index in [0.717, 1.165) is 5.39 Å². The van der Waals surface area contributed by atoms with Gasteiger partial charge >= 0.3 is 0 Å². The molecule has 7 heteroatoms. The highest BCUT2D eigenvalue weighted by Crippen LogP contribution is 2.21.